The Balaban J connectivity index is 1.59. The van der Waals surface area contributed by atoms with Gasteiger partial charge < -0.3 is 14.4 Å². The number of aromatic nitrogens is 2. The van der Waals surface area contributed by atoms with E-state index in [-0.39, 0.29) is 17.8 Å². The van der Waals surface area contributed by atoms with Crippen molar-refractivity contribution in [3.8, 4) is 0 Å². The maximum Gasteiger partial charge on any atom is 0.298 e. The number of hydrogen-bond donors (Lipinski definition) is 0. The van der Waals surface area contributed by atoms with Crippen molar-refractivity contribution in [3.05, 3.63) is 10.6 Å². The Bertz CT molecular complexity index is 843. The molecule has 0 N–H and O–H groups in total. The Labute approximate surface area is 175 Å². The summed E-state index contributed by atoms with van der Waals surface area (Å²) in [6.07, 6.45) is 2.56. The Morgan fingerprint density at radius 2 is 2.21 bits per heavy atom. The normalized spacial score (nSPS) is 26.1. The summed E-state index contributed by atoms with van der Waals surface area (Å²) in [5.41, 5.74) is 0.578. The third-order valence-electron chi connectivity index (χ3n) is 5.12. The van der Waals surface area contributed by atoms with Crippen LogP contribution in [0.5, 0.6) is 0 Å². The molecule has 0 bridgehead atoms. The number of aryl methyl sites for hydroxylation is 1. The van der Waals surface area contributed by atoms with Crippen molar-refractivity contribution in [2.45, 2.75) is 51.7 Å². The van der Waals surface area contributed by atoms with Crippen LogP contribution in [0.4, 0.5) is 0 Å². The Morgan fingerprint density at radius 1 is 1.38 bits per heavy atom. The van der Waals surface area contributed by atoms with E-state index in [9.17, 15) is 13.8 Å². The van der Waals surface area contributed by atoms with Crippen molar-refractivity contribution in [1.29, 1.82) is 0 Å². The number of nitrogens with zero attached hydrogens (tertiary/aromatic N) is 4. The van der Waals surface area contributed by atoms with E-state index in [1.54, 1.807) is 11.8 Å². The van der Waals surface area contributed by atoms with E-state index in [1.165, 1.54) is 0 Å². The topological polar surface area (TPSA) is 111 Å². The van der Waals surface area contributed by atoms with E-state index in [0.717, 1.165) is 31.0 Å². The van der Waals surface area contributed by atoms with E-state index in [1.807, 2.05) is 6.92 Å². The average Bonchev–Trinajstić information content (AvgIpc) is 3.36. The third-order valence-corrected chi connectivity index (χ3v) is 8.12. The van der Waals surface area contributed by atoms with Crippen LogP contribution in [-0.2, 0) is 30.4 Å². The van der Waals surface area contributed by atoms with E-state index >= 15 is 0 Å². The van der Waals surface area contributed by atoms with E-state index in [0.29, 0.717) is 48.9 Å². The molecule has 29 heavy (non-hydrogen) atoms. The van der Waals surface area contributed by atoms with Crippen LogP contribution in [0.25, 0.3) is 0 Å². The van der Waals surface area contributed by atoms with Crippen molar-refractivity contribution < 1.29 is 23.3 Å². The lowest BCUT2D eigenvalue weighted by Crippen LogP contribution is -2.41. The third kappa shape index (κ3) is 5.80. The van der Waals surface area contributed by atoms with Gasteiger partial charge in [-0.2, -0.15) is 4.36 Å². The number of ether oxygens (including phenoxy) is 2. The van der Waals surface area contributed by atoms with Gasteiger partial charge in [0.15, 0.2) is 0 Å². The highest BCUT2D eigenvalue weighted by molar-refractivity contribution is 7.93. The molecule has 1 aromatic heterocycles. The summed E-state index contributed by atoms with van der Waals surface area (Å²) in [4.78, 5) is 27.2. The summed E-state index contributed by atoms with van der Waals surface area (Å²) >= 11 is 0.979. The maximum atomic E-state index is 13.2. The fourth-order valence-electron chi connectivity index (χ4n) is 3.41. The SMILES string of the molecule is CCc1nnsc1C(=O)N=S1(=O)CCCN(C(=O)C(C)OCC2CCCO2)CC1. The molecule has 0 radical (unpaired) electrons. The highest BCUT2D eigenvalue weighted by Gasteiger charge is 2.28. The summed E-state index contributed by atoms with van der Waals surface area (Å²) in [6, 6.07) is 0. The van der Waals surface area contributed by atoms with Crippen LogP contribution in [0.1, 0.15) is 48.5 Å². The fourth-order valence-corrected chi connectivity index (χ4v) is 5.97. The molecule has 9 nitrogen and oxygen atoms in total. The molecule has 2 aliphatic heterocycles. The minimum atomic E-state index is -2.72. The van der Waals surface area contributed by atoms with Gasteiger partial charge in [-0.15, -0.1) is 5.10 Å². The lowest BCUT2D eigenvalue weighted by molar-refractivity contribution is -0.144. The predicted molar refractivity (Wildman–Crippen MR) is 110 cm³/mol. The second-order valence-corrected chi connectivity index (χ2v) is 10.6. The summed E-state index contributed by atoms with van der Waals surface area (Å²) < 4.78 is 32.2. The van der Waals surface area contributed by atoms with Crippen molar-refractivity contribution >= 4 is 33.1 Å². The molecular formula is C18H28N4O5S2. The zero-order valence-electron chi connectivity index (χ0n) is 16.9. The molecule has 0 spiro atoms. The lowest BCUT2D eigenvalue weighted by atomic mass is 10.2. The smallest absolute Gasteiger partial charge is 0.298 e. The first-order chi connectivity index (χ1) is 13.9. The average molecular weight is 445 g/mol. The van der Waals surface area contributed by atoms with Crippen LogP contribution in [0, 0.1) is 0 Å². The van der Waals surface area contributed by atoms with Gasteiger partial charge in [-0.05, 0) is 44.1 Å². The molecule has 2 saturated heterocycles. The molecule has 2 amide bonds. The molecule has 0 aliphatic carbocycles. The van der Waals surface area contributed by atoms with Gasteiger partial charge in [-0.3, -0.25) is 9.59 Å². The van der Waals surface area contributed by atoms with E-state index in [4.69, 9.17) is 9.47 Å². The largest absolute Gasteiger partial charge is 0.376 e. The van der Waals surface area contributed by atoms with Gasteiger partial charge in [-0.25, -0.2) is 4.21 Å². The molecule has 2 fully saturated rings. The highest BCUT2D eigenvalue weighted by atomic mass is 32.2. The van der Waals surface area contributed by atoms with Crippen LogP contribution in [0.15, 0.2) is 4.36 Å². The van der Waals surface area contributed by atoms with Crippen molar-refractivity contribution in [3.63, 3.8) is 0 Å². The first-order valence-corrected chi connectivity index (χ1v) is 12.6. The molecule has 0 saturated carbocycles. The first kappa shape index (κ1) is 22.3. The summed E-state index contributed by atoms with van der Waals surface area (Å²) in [5, 5.41) is 3.91. The van der Waals surface area contributed by atoms with Crippen LogP contribution in [0.2, 0.25) is 0 Å². The Kier molecular flexibility index (Phi) is 7.72. The van der Waals surface area contributed by atoms with Gasteiger partial charge >= 0.3 is 0 Å². The summed E-state index contributed by atoms with van der Waals surface area (Å²) in [7, 11) is -2.72. The minimum absolute atomic E-state index is 0.0622. The monoisotopic (exact) mass is 444 g/mol. The van der Waals surface area contributed by atoms with E-state index in [2.05, 4.69) is 13.9 Å². The van der Waals surface area contributed by atoms with Gasteiger partial charge in [0.05, 0.1) is 28.1 Å². The molecule has 11 heteroatoms. The molecule has 162 valence electrons. The van der Waals surface area contributed by atoms with Gasteiger partial charge in [0, 0.05) is 31.2 Å². The lowest BCUT2D eigenvalue weighted by Gasteiger charge is -2.24. The zero-order valence-corrected chi connectivity index (χ0v) is 18.5. The van der Waals surface area contributed by atoms with Gasteiger partial charge in [0.1, 0.15) is 11.0 Å². The van der Waals surface area contributed by atoms with Crippen molar-refractivity contribution in [1.82, 2.24) is 14.5 Å². The Hall–Kier alpha value is -1.43. The predicted octanol–water partition coefficient (Wildman–Crippen LogP) is 1.53. The van der Waals surface area contributed by atoms with Crippen LogP contribution in [-0.4, -0.2) is 80.5 Å². The molecule has 2 aliphatic rings. The number of hydrogen-bond acceptors (Lipinski definition) is 8. The van der Waals surface area contributed by atoms with Crippen LogP contribution >= 0.6 is 11.5 Å². The molecule has 3 atom stereocenters. The summed E-state index contributed by atoms with van der Waals surface area (Å²) in [6.45, 7) is 5.54. The van der Waals surface area contributed by atoms with Crippen molar-refractivity contribution in [2.75, 3.05) is 37.8 Å². The van der Waals surface area contributed by atoms with Crippen LogP contribution in [0.3, 0.4) is 0 Å². The second-order valence-electron chi connectivity index (χ2n) is 7.27. The molecule has 3 rings (SSSR count). The first-order valence-electron chi connectivity index (χ1n) is 10.0. The van der Waals surface area contributed by atoms with Crippen LogP contribution < -0.4 is 0 Å². The zero-order chi connectivity index (χ0) is 20.9. The molecule has 0 aromatic carbocycles. The molecule has 3 heterocycles. The highest BCUT2D eigenvalue weighted by Crippen LogP contribution is 2.17. The van der Waals surface area contributed by atoms with Crippen molar-refractivity contribution in [2.24, 2.45) is 4.36 Å². The number of carbonyl (C=O) groups excluding carboxylic acids is 2. The number of amides is 2. The quantitative estimate of drug-likeness (QED) is 0.654. The maximum absolute atomic E-state index is 13.2. The van der Waals surface area contributed by atoms with E-state index < -0.39 is 21.7 Å². The number of rotatable bonds is 6. The standard InChI is InChI=1S/C18H28N4O5S2/c1-3-15-16(28-21-19-15)17(23)20-29(25)10-5-7-22(8-11-29)18(24)13(2)27-12-14-6-4-9-26-14/h13-14H,3-12H2,1-2H3. The number of carbonyl (C=O) groups is 2. The van der Waals surface area contributed by atoms with Gasteiger partial charge in [-0.1, -0.05) is 11.4 Å². The minimum Gasteiger partial charge on any atom is -0.376 e. The molecule has 3 unspecified atom stereocenters. The fraction of sp³-hybridized carbons (Fsp3) is 0.778. The van der Waals surface area contributed by atoms with Gasteiger partial charge in [0.25, 0.3) is 11.8 Å². The van der Waals surface area contributed by atoms with Gasteiger partial charge in [0.2, 0.25) is 0 Å². The molecule has 1 aromatic rings. The summed E-state index contributed by atoms with van der Waals surface area (Å²) in [5.74, 6) is -0.175. The second kappa shape index (κ2) is 10.1. The Morgan fingerprint density at radius 3 is 2.93 bits per heavy atom. The molecular weight excluding hydrogens is 416 g/mol.